The Morgan fingerprint density at radius 1 is 1.00 bits per heavy atom. The molecule has 3 aromatic rings. The molecule has 0 aliphatic carbocycles. The van der Waals surface area contributed by atoms with E-state index in [-0.39, 0.29) is 18.1 Å². The molecule has 0 aliphatic rings. The standard InChI is InChI=1S/C23H24FN3O4/c1-30-23-14-17(6-11-22(23)31-16-18-4-2-3-5-21(18)24)15-25-12-13-26-19-7-9-20(10-8-19)27(28)29/h2-11,14,25-26H,12-13,15-16H2,1H3. The van der Waals surface area contributed by atoms with Gasteiger partial charge in [-0.15, -0.1) is 0 Å². The van der Waals surface area contributed by atoms with Crippen LogP contribution in [0.4, 0.5) is 15.8 Å². The highest BCUT2D eigenvalue weighted by atomic mass is 19.1. The van der Waals surface area contributed by atoms with Crippen LogP contribution in [0.2, 0.25) is 0 Å². The van der Waals surface area contributed by atoms with Gasteiger partial charge in [-0.05, 0) is 35.9 Å². The molecule has 162 valence electrons. The molecule has 8 heteroatoms. The lowest BCUT2D eigenvalue weighted by Crippen LogP contribution is -2.21. The van der Waals surface area contributed by atoms with Gasteiger partial charge < -0.3 is 20.1 Å². The average molecular weight is 425 g/mol. The second-order valence-corrected chi connectivity index (χ2v) is 6.77. The van der Waals surface area contributed by atoms with Gasteiger partial charge >= 0.3 is 0 Å². The summed E-state index contributed by atoms with van der Waals surface area (Å²) in [5.41, 5.74) is 2.39. The van der Waals surface area contributed by atoms with Gasteiger partial charge in [-0.3, -0.25) is 10.1 Å². The first-order valence-corrected chi connectivity index (χ1v) is 9.79. The van der Waals surface area contributed by atoms with E-state index in [1.807, 2.05) is 18.2 Å². The number of methoxy groups -OCH3 is 1. The molecule has 0 bridgehead atoms. The monoisotopic (exact) mass is 425 g/mol. The van der Waals surface area contributed by atoms with Crippen LogP contribution in [-0.4, -0.2) is 25.1 Å². The van der Waals surface area contributed by atoms with Crippen LogP contribution >= 0.6 is 0 Å². The molecule has 0 unspecified atom stereocenters. The zero-order chi connectivity index (χ0) is 22.1. The number of nitrogens with zero attached hydrogens (tertiary/aromatic N) is 1. The van der Waals surface area contributed by atoms with Crippen molar-refractivity contribution in [2.75, 3.05) is 25.5 Å². The Kier molecular flexibility index (Phi) is 7.78. The van der Waals surface area contributed by atoms with E-state index in [4.69, 9.17) is 9.47 Å². The number of hydrogen-bond acceptors (Lipinski definition) is 6. The summed E-state index contributed by atoms with van der Waals surface area (Å²) in [5, 5.41) is 17.2. The van der Waals surface area contributed by atoms with Crippen LogP contribution in [0, 0.1) is 15.9 Å². The highest BCUT2D eigenvalue weighted by Gasteiger charge is 2.08. The SMILES string of the molecule is COc1cc(CNCCNc2ccc([N+](=O)[O-])cc2)ccc1OCc1ccccc1F. The number of anilines is 1. The van der Waals surface area contributed by atoms with E-state index >= 15 is 0 Å². The first kappa shape index (κ1) is 22.0. The van der Waals surface area contributed by atoms with Gasteiger partial charge in [0, 0.05) is 43.0 Å². The smallest absolute Gasteiger partial charge is 0.269 e. The summed E-state index contributed by atoms with van der Waals surface area (Å²) >= 11 is 0. The van der Waals surface area contributed by atoms with Crippen molar-refractivity contribution in [3.63, 3.8) is 0 Å². The lowest BCUT2D eigenvalue weighted by Gasteiger charge is -2.13. The number of nitro benzene ring substituents is 1. The molecule has 7 nitrogen and oxygen atoms in total. The van der Waals surface area contributed by atoms with Gasteiger partial charge in [0.2, 0.25) is 0 Å². The number of non-ortho nitro benzene ring substituents is 1. The number of nitro groups is 1. The summed E-state index contributed by atoms with van der Waals surface area (Å²) in [6, 6.07) is 18.4. The molecule has 0 heterocycles. The van der Waals surface area contributed by atoms with Crippen LogP contribution in [0.15, 0.2) is 66.7 Å². The van der Waals surface area contributed by atoms with Crippen molar-refractivity contribution in [2.45, 2.75) is 13.2 Å². The maximum absolute atomic E-state index is 13.7. The van der Waals surface area contributed by atoms with Crippen LogP contribution in [-0.2, 0) is 13.2 Å². The molecule has 0 aromatic heterocycles. The zero-order valence-electron chi connectivity index (χ0n) is 17.1. The molecule has 31 heavy (non-hydrogen) atoms. The van der Waals surface area contributed by atoms with E-state index in [0.29, 0.717) is 36.7 Å². The largest absolute Gasteiger partial charge is 0.493 e. The zero-order valence-corrected chi connectivity index (χ0v) is 17.1. The lowest BCUT2D eigenvalue weighted by molar-refractivity contribution is -0.384. The molecule has 0 atom stereocenters. The molecule has 0 radical (unpaired) electrons. The minimum absolute atomic E-state index is 0.0685. The van der Waals surface area contributed by atoms with Crippen molar-refractivity contribution >= 4 is 11.4 Å². The Hall–Kier alpha value is -3.65. The predicted octanol–water partition coefficient (Wildman–Crippen LogP) is 4.52. The Balaban J connectivity index is 1.45. The number of ether oxygens (including phenoxy) is 2. The first-order valence-electron chi connectivity index (χ1n) is 9.79. The maximum Gasteiger partial charge on any atom is 0.269 e. The van der Waals surface area contributed by atoms with Crippen LogP contribution in [0.25, 0.3) is 0 Å². The molecule has 0 spiro atoms. The first-order chi connectivity index (χ1) is 15.1. The van der Waals surface area contributed by atoms with E-state index < -0.39 is 4.92 Å². The average Bonchev–Trinajstić information content (AvgIpc) is 2.79. The minimum Gasteiger partial charge on any atom is -0.493 e. The molecular weight excluding hydrogens is 401 g/mol. The van der Waals surface area contributed by atoms with Gasteiger partial charge in [-0.1, -0.05) is 24.3 Å². The number of rotatable bonds is 11. The highest BCUT2D eigenvalue weighted by molar-refractivity contribution is 5.48. The summed E-state index contributed by atoms with van der Waals surface area (Å²) < 4.78 is 24.9. The van der Waals surface area contributed by atoms with Gasteiger partial charge in [0.1, 0.15) is 12.4 Å². The topological polar surface area (TPSA) is 85.7 Å². The lowest BCUT2D eigenvalue weighted by atomic mass is 10.2. The van der Waals surface area contributed by atoms with Crippen molar-refractivity contribution in [3.8, 4) is 11.5 Å². The molecule has 0 amide bonds. The highest BCUT2D eigenvalue weighted by Crippen LogP contribution is 2.29. The van der Waals surface area contributed by atoms with Gasteiger partial charge in [0.05, 0.1) is 12.0 Å². The molecule has 3 rings (SSSR count). The van der Waals surface area contributed by atoms with Crippen molar-refractivity contribution < 1.29 is 18.8 Å². The Bertz CT molecular complexity index is 1010. The number of hydrogen-bond donors (Lipinski definition) is 2. The van der Waals surface area contributed by atoms with E-state index in [2.05, 4.69) is 10.6 Å². The Morgan fingerprint density at radius 3 is 2.48 bits per heavy atom. The summed E-state index contributed by atoms with van der Waals surface area (Å²) in [6.07, 6.45) is 0. The van der Waals surface area contributed by atoms with Crippen LogP contribution in [0.3, 0.4) is 0 Å². The van der Waals surface area contributed by atoms with E-state index in [9.17, 15) is 14.5 Å². The fourth-order valence-electron chi connectivity index (χ4n) is 2.94. The van der Waals surface area contributed by atoms with Crippen LogP contribution in [0.5, 0.6) is 11.5 Å². The number of benzene rings is 3. The molecule has 0 saturated carbocycles. The van der Waals surface area contributed by atoms with Crippen molar-refractivity contribution in [3.05, 3.63) is 93.8 Å². The van der Waals surface area contributed by atoms with E-state index in [1.54, 1.807) is 37.4 Å². The summed E-state index contributed by atoms with van der Waals surface area (Å²) in [7, 11) is 1.57. The molecule has 0 saturated heterocycles. The fourth-order valence-corrected chi connectivity index (χ4v) is 2.94. The third kappa shape index (κ3) is 6.42. The Labute approximate surface area is 180 Å². The number of nitrogens with one attached hydrogen (secondary N) is 2. The third-order valence-electron chi connectivity index (χ3n) is 4.61. The van der Waals surface area contributed by atoms with Crippen molar-refractivity contribution in [1.82, 2.24) is 5.32 Å². The number of halogens is 1. The molecule has 2 N–H and O–H groups in total. The second kappa shape index (κ2) is 10.9. The maximum atomic E-state index is 13.7. The quantitative estimate of drug-likeness (QED) is 0.267. The van der Waals surface area contributed by atoms with Crippen molar-refractivity contribution in [1.29, 1.82) is 0 Å². The molecule has 0 fully saturated rings. The summed E-state index contributed by atoms with van der Waals surface area (Å²) in [4.78, 5) is 10.3. The molecule has 0 aliphatic heterocycles. The van der Waals surface area contributed by atoms with E-state index in [0.717, 1.165) is 11.3 Å². The molecule has 3 aromatic carbocycles. The summed E-state index contributed by atoms with van der Waals surface area (Å²) in [6.45, 7) is 2.12. The molecular formula is C23H24FN3O4. The fraction of sp³-hybridized carbons (Fsp3) is 0.217. The Morgan fingerprint density at radius 2 is 1.77 bits per heavy atom. The van der Waals surface area contributed by atoms with E-state index in [1.165, 1.54) is 18.2 Å². The second-order valence-electron chi connectivity index (χ2n) is 6.77. The van der Waals surface area contributed by atoms with Crippen molar-refractivity contribution in [2.24, 2.45) is 0 Å². The minimum atomic E-state index is -0.421. The van der Waals surface area contributed by atoms with Gasteiger partial charge in [-0.2, -0.15) is 0 Å². The normalized spacial score (nSPS) is 10.5. The van der Waals surface area contributed by atoms with Crippen LogP contribution in [0.1, 0.15) is 11.1 Å². The third-order valence-corrected chi connectivity index (χ3v) is 4.61. The van der Waals surface area contributed by atoms with Gasteiger partial charge in [0.15, 0.2) is 11.5 Å². The van der Waals surface area contributed by atoms with Crippen LogP contribution < -0.4 is 20.1 Å². The summed E-state index contributed by atoms with van der Waals surface area (Å²) in [5.74, 6) is 0.832. The van der Waals surface area contributed by atoms with Gasteiger partial charge in [0.25, 0.3) is 5.69 Å². The predicted molar refractivity (Wildman–Crippen MR) is 117 cm³/mol. The van der Waals surface area contributed by atoms with Gasteiger partial charge in [-0.25, -0.2) is 4.39 Å².